The number of pyridine rings is 1. The van der Waals surface area contributed by atoms with Crippen molar-refractivity contribution in [3.63, 3.8) is 0 Å². The number of aromatic nitrogens is 3. The van der Waals surface area contributed by atoms with Crippen molar-refractivity contribution in [2.24, 2.45) is 0 Å². The molecule has 1 N–H and O–H groups in total. The van der Waals surface area contributed by atoms with Crippen LogP contribution in [0.2, 0.25) is 0 Å². The van der Waals surface area contributed by atoms with E-state index < -0.39 is 0 Å². The Kier molecular flexibility index (Phi) is 3.87. The maximum absolute atomic E-state index is 11.7. The lowest BCUT2D eigenvalue weighted by Crippen LogP contribution is -2.27. The van der Waals surface area contributed by atoms with E-state index >= 15 is 0 Å². The van der Waals surface area contributed by atoms with E-state index in [2.05, 4.69) is 31.2 Å². The number of rotatable bonds is 4. The van der Waals surface area contributed by atoms with Crippen LogP contribution in [0.1, 0.15) is 10.5 Å². The Morgan fingerprint density at radius 3 is 3.00 bits per heavy atom. The lowest BCUT2D eigenvalue weighted by atomic mass is 10.3. The molecule has 0 aliphatic heterocycles. The van der Waals surface area contributed by atoms with Crippen molar-refractivity contribution in [1.29, 1.82) is 0 Å². The van der Waals surface area contributed by atoms with Crippen molar-refractivity contribution in [3.8, 4) is 0 Å². The van der Waals surface area contributed by atoms with Crippen LogP contribution in [0.15, 0.2) is 41.5 Å². The average molecular weight is 295 g/mol. The predicted molar refractivity (Wildman–Crippen MR) is 66.5 cm³/mol. The number of hydrogen-bond donors (Lipinski definition) is 1. The van der Waals surface area contributed by atoms with Crippen LogP contribution in [0.3, 0.4) is 0 Å². The Bertz CT molecular complexity index is 481. The highest BCUT2D eigenvalue weighted by Crippen LogP contribution is 2.07. The molecular weight excluding hydrogens is 284 g/mol. The standard InChI is InChI=1S/C11H11BrN4O/c12-9-1-2-10(15-7-9)11(17)14-4-6-16-5-3-13-8-16/h1-3,5,7-8H,4,6H2,(H,14,17). The maximum Gasteiger partial charge on any atom is 0.269 e. The molecule has 17 heavy (non-hydrogen) atoms. The quantitative estimate of drug-likeness (QED) is 0.929. The third-order valence-corrected chi connectivity index (χ3v) is 2.64. The van der Waals surface area contributed by atoms with E-state index in [9.17, 15) is 4.79 Å². The molecule has 2 aromatic heterocycles. The number of halogens is 1. The molecule has 2 rings (SSSR count). The van der Waals surface area contributed by atoms with Crippen LogP contribution in [0.25, 0.3) is 0 Å². The van der Waals surface area contributed by atoms with Gasteiger partial charge in [-0.3, -0.25) is 4.79 Å². The fourth-order valence-electron chi connectivity index (χ4n) is 1.32. The van der Waals surface area contributed by atoms with Crippen LogP contribution in [-0.2, 0) is 6.54 Å². The predicted octanol–water partition coefficient (Wildman–Crippen LogP) is 1.47. The summed E-state index contributed by atoms with van der Waals surface area (Å²) in [7, 11) is 0. The Morgan fingerprint density at radius 1 is 1.47 bits per heavy atom. The molecular formula is C11H11BrN4O. The summed E-state index contributed by atoms with van der Waals surface area (Å²) < 4.78 is 2.75. The summed E-state index contributed by atoms with van der Waals surface area (Å²) in [6.45, 7) is 1.25. The highest BCUT2D eigenvalue weighted by molar-refractivity contribution is 9.10. The molecule has 0 spiro atoms. The molecule has 0 fully saturated rings. The van der Waals surface area contributed by atoms with Gasteiger partial charge in [-0.2, -0.15) is 0 Å². The Morgan fingerprint density at radius 2 is 2.35 bits per heavy atom. The SMILES string of the molecule is O=C(NCCn1ccnc1)c1ccc(Br)cn1. The van der Waals surface area contributed by atoms with Crippen molar-refractivity contribution in [2.75, 3.05) is 6.54 Å². The minimum atomic E-state index is -0.169. The van der Waals surface area contributed by atoms with Gasteiger partial charge >= 0.3 is 0 Å². The molecule has 0 saturated carbocycles. The first-order valence-electron chi connectivity index (χ1n) is 5.11. The van der Waals surface area contributed by atoms with Crippen molar-refractivity contribution in [3.05, 3.63) is 47.2 Å². The van der Waals surface area contributed by atoms with Crippen molar-refractivity contribution in [1.82, 2.24) is 19.9 Å². The third-order valence-electron chi connectivity index (χ3n) is 2.17. The van der Waals surface area contributed by atoms with Crippen LogP contribution in [0, 0.1) is 0 Å². The minimum Gasteiger partial charge on any atom is -0.349 e. The molecule has 88 valence electrons. The second kappa shape index (κ2) is 5.58. The van der Waals surface area contributed by atoms with Crippen LogP contribution in [0.4, 0.5) is 0 Å². The molecule has 6 heteroatoms. The van der Waals surface area contributed by atoms with E-state index in [-0.39, 0.29) is 5.91 Å². The van der Waals surface area contributed by atoms with E-state index in [0.29, 0.717) is 18.8 Å². The second-order valence-corrected chi connectivity index (χ2v) is 4.33. The Hall–Kier alpha value is -1.69. The fourth-order valence-corrected chi connectivity index (χ4v) is 1.55. The van der Waals surface area contributed by atoms with Crippen LogP contribution in [0.5, 0.6) is 0 Å². The monoisotopic (exact) mass is 294 g/mol. The van der Waals surface area contributed by atoms with E-state index in [1.165, 1.54) is 0 Å². The Labute approximate surface area is 107 Å². The molecule has 0 bridgehead atoms. The molecule has 0 radical (unpaired) electrons. The number of nitrogens with zero attached hydrogens (tertiary/aromatic N) is 3. The summed E-state index contributed by atoms with van der Waals surface area (Å²) in [6.07, 6.45) is 6.87. The van der Waals surface area contributed by atoms with Crippen molar-refractivity contribution >= 4 is 21.8 Å². The summed E-state index contributed by atoms with van der Waals surface area (Å²) in [4.78, 5) is 19.6. The highest BCUT2D eigenvalue weighted by Gasteiger charge is 2.05. The van der Waals surface area contributed by atoms with Gasteiger partial charge in [-0.05, 0) is 28.1 Å². The van der Waals surface area contributed by atoms with Gasteiger partial charge in [0.1, 0.15) is 5.69 Å². The number of carbonyl (C=O) groups excluding carboxylic acids is 1. The molecule has 2 heterocycles. The molecule has 0 saturated heterocycles. The molecule has 1 amide bonds. The summed E-state index contributed by atoms with van der Waals surface area (Å²) in [5.74, 6) is -0.169. The third kappa shape index (κ3) is 3.39. The first kappa shape index (κ1) is 11.8. The number of hydrogen-bond acceptors (Lipinski definition) is 3. The molecule has 0 aliphatic carbocycles. The van der Waals surface area contributed by atoms with Crippen LogP contribution >= 0.6 is 15.9 Å². The van der Waals surface area contributed by atoms with Gasteiger partial charge in [-0.15, -0.1) is 0 Å². The molecule has 0 aromatic carbocycles. The number of nitrogens with one attached hydrogen (secondary N) is 1. The number of imidazole rings is 1. The van der Waals surface area contributed by atoms with Crippen molar-refractivity contribution in [2.45, 2.75) is 6.54 Å². The zero-order valence-corrected chi connectivity index (χ0v) is 10.6. The topological polar surface area (TPSA) is 59.8 Å². The van der Waals surface area contributed by atoms with E-state index in [1.54, 1.807) is 30.9 Å². The first-order chi connectivity index (χ1) is 8.25. The molecule has 2 aromatic rings. The van der Waals surface area contributed by atoms with Gasteiger partial charge in [0.2, 0.25) is 0 Å². The smallest absolute Gasteiger partial charge is 0.269 e. The molecule has 0 aliphatic rings. The van der Waals surface area contributed by atoms with Crippen LogP contribution in [-0.4, -0.2) is 27.0 Å². The highest BCUT2D eigenvalue weighted by atomic mass is 79.9. The van der Waals surface area contributed by atoms with Gasteiger partial charge in [0.25, 0.3) is 5.91 Å². The van der Waals surface area contributed by atoms with Crippen molar-refractivity contribution < 1.29 is 4.79 Å². The zero-order valence-electron chi connectivity index (χ0n) is 9.01. The minimum absolute atomic E-state index is 0.169. The van der Waals surface area contributed by atoms with Gasteiger partial charge < -0.3 is 9.88 Å². The maximum atomic E-state index is 11.7. The lowest BCUT2D eigenvalue weighted by molar-refractivity contribution is 0.0947. The summed E-state index contributed by atoms with van der Waals surface area (Å²) in [5.41, 5.74) is 0.416. The summed E-state index contributed by atoms with van der Waals surface area (Å²) >= 11 is 3.27. The summed E-state index contributed by atoms with van der Waals surface area (Å²) in [6, 6.07) is 3.47. The van der Waals surface area contributed by atoms with E-state index in [4.69, 9.17) is 0 Å². The number of amides is 1. The van der Waals surface area contributed by atoms with E-state index in [0.717, 1.165) is 4.47 Å². The molecule has 5 nitrogen and oxygen atoms in total. The number of carbonyl (C=O) groups is 1. The van der Waals surface area contributed by atoms with Gasteiger partial charge in [-0.25, -0.2) is 9.97 Å². The van der Waals surface area contributed by atoms with Gasteiger partial charge in [0.05, 0.1) is 6.33 Å². The van der Waals surface area contributed by atoms with Gasteiger partial charge in [0.15, 0.2) is 0 Å². The second-order valence-electron chi connectivity index (χ2n) is 3.42. The first-order valence-corrected chi connectivity index (χ1v) is 5.90. The fraction of sp³-hybridized carbons (Fsp3) is 0.182. The van der Waals surface area contributed by atoms with Gasteiger partial charge in [0, 0.05) is 36.2 Å². The zero-order chi connectivity index (χ0) is 12.1. The van der Waals surface area contributed by atoms with Crippen LogP contribution < -0.4 is 5.32 Å². The van der Waals surface area contributed by atoms with Gasteiger partial charge in [-0.1, -0.05) is 0 Å². The Balaban J connectivity index is 1.83. The largest absolute Gasteiger partial charge is 0.349 e. The normalized spacial score (nSPS) is 10.2. The average Bonchev–Trinajstić information content (AvgIpc) is 2.83. The summed E-state index contributed by atoms with van der Waals surface area (Å²) in [5, 5.41) is 2.79. The lowest BCUT2D eigenvalue weighted by Gasteiger charge is -2.05. The molecule has 0 unspecified atom stereocenters. The molecule has 0 atom stereocenters. The van der Waals surface area contributed by atoms with E-state index in [1.807, 2.05) is 10.8 Å².